The van der Waals surface area contributed by atoms with Gasteiger partial charge in [0, 0.05) is 11.1 Å². The van der Waals surface area contributed by atoms with E-state index in [9.17, 15) is 4.39 Å². The number of nitrogens with zero attached hydrogens (tertiary/aromatic N) is 2. The highest BCUT2D eigenvalue weighted by atomic mass is 19.1. The molecule has 0 saturated carbocycles. The van der Waals surface area contributed by atoms with Gasteiger partial charge in [-0.1, -0.05) is 20.8 Å². The summed E-state index contributed by atoms with van der Waals surface area (Å²) < 4.78 is 15.1. The van der Waals surface area contributed by atoms with E-state index in [4.69, 9.17) is 5.73 Å². The summed E-state index contributed by atoms with van der Waals surface area (Å²) in [6.45, 7) is 6.20. The van der Waals surface area contributed by atoms with Crippen LogP contribution in [0.15, 0.2) is 18.3 Å². The number of imidazole rings is 1. The molecule has 3 nitrogen and oxygen atoms in total. The number of hydrogen-bond donors (Lipinski definition) is 1. The molecule has 0 bridgehead atoms. The van der Waals surface area contributed by atoms with Gasteiger partial charge in [-0.25, -0.2) is 9.37 Å². The van der Waals surface area contributed by atoms with Gasteiger partial charge in [-0.15, -0.1) is 0 Å². The second-order valence-electron chi connectivity index (χ2n) is 4.68. The van der Waals surface area contributed by atoms with Crippen LogP contribution in [0.2, 0.25) is 0 Å². The molecular weight excluding hydrogens is 193 g/mol. The van der Waals surface area contributed by atoms with E-state index < -0.39 is 0 Å². The normalized spacial score (nSPS) is 12.3. The molecule has 0 atom stereocenters. The zero-order chi connectivity index (χ0) is 11.2. The van der Waals surface area contributed by atoms with Gasteiger partial charge in [0.2, 0.25) is 0 Å². The van der Waals surface area contributed by atoms with Crippen LogP contribution in [0.25, 0.3) is 5.65 Å². The molecule has 0 saturated heterocycles. The monoisotopic (exact) mass is 207 g/mol. The average Bonchev–Trinajstić information content (AvgIpc) is 2.45. The molecule has 2 aromatic rings. The molecule has 4 heteroatoms. The van der Waals surface area contributed by atoms with Gasteiger partial charge < -0.3 is 5.73 Å². The molecule has 0 aliphatic heterocycles. The zero-order valence-corrected chi connectivity index (χ0v) is 9.08. The summed E-state index contributed by atoms with van der Waals surface area (Å²) in [5.74, 6) is -0.00898. The van der Waals surface area contributed by atoms with Crippen molar-refractivity contribution >= 4 is 11.5 Å². The lowest BCUT2D eigenvalue weighted by molar-refractivity contribution is 0.552. The Labute approximate surface area is 87.7 Å². The van der Waals surface area contributed by atoms with Gasteiger partial charge in [0.25, 0.3) is 0 Å². The first-order chi connectivity index (χ1) is 6.89. The number of fused-ring (bicyclic) bond motifs is 1. The van der Waals surface area contributed by atoms with Gasteiger partial charge >= 0.3 is 0 Å². The molecule has 15 heavy (non-hydrogen) atoms. The van der Waals surface area contributed by atoms with E-state index in [1.807, 2.05) is 0 Å². The zero-order valence-electron chi connectivity index (χ0n) is 9.08. The van der Waals surface area contributed by atoms with E-state index in [0.29, 0.717) is 11.5 Å². The quantitative estimate of drug-likeness (QED) is 0.720. The van der Waals surface area contributed by atoms with E-state index >= 15 is 0 Å². The lowest BCUT2D eigenvalue weighted by Crippen LogP contribution is -2.16. The Hall–Kier alpha value is -1.58. The van der Waals surface area contributed by atoms with Crippen LogP contribution in [0.4, 0.5) is 10.2 Å². The number of pyridine rings is 1. The van der Waals surface area contributed by atoms with Crippen LogP contribution in [0.3, 0.4) is 0 Å². The molecule has 0 unspecified atom stereocenters. The van der Waals surface area contributed by atoms with Crippen LogP contribution in [0, 0.1) is 5.82 Å². The smallest absolute Gasteiger partial charge is 0.175 e. The molecule has 0 aliphatic carbocycles. The van der Waals surface area contributed by atoms with E-state index in [-0.39, 0.29) is 11.2 Å². The molecule has 0 aromatic carbocycles. The maximum Gasteiger partial charge on any atom is 0.175 e. The van der Waals surface area contributed by atoms with Crippen LogP contribution in [0.5, 0.6) is 0 Å². The lowest BCUT2D eigenvalue weighted by atomic mass is 9.91. The lowest BCUT2D eigenvalue weighted by Gasteiger charge is -2.20. The van der Waals surface area contributed by atoms with Gasteiger partial charge in [-0.2, -0.15) is 0 Å². The first-order valence-electron chi connectivity index (χ1n) is 4.83. The van der Waals surface area contributed by atoms with Gasteiger partial charge in [0.05, 0.1) is 6.20 Å². The van der Waals surface area contributed by atoms with Crippen molar-refractivity contribution < 1.29 is 4.39 Å². The van der Waals surface area contributed by atoms with E-state index in [0.717, 1.165) is 5.69 Å². The second kappa shape index (κ2) is 2.95. The SMILES string of the molecule is CC(C)(C)c1ccc(F)c2nc(N)cn12. The number of hydrogen-bond acceptors (Lipinski definition) is 2. The molecular formula is C11H14FN3. The molecule has 2 rings (SSSR count). The predicted molar refractivity (Wildman–Crippen MR) is 58.3 cm³/mol. The number of nitrogens with two attached hydrogens (primary N) is 1. The van der Waals surface area contributed by atoms with Crippen molar-refractivity contribution in [3.8, 4) is 0 Å². The fourth-order valence-corrected chi connectivity index (χ4v) is 1.67. The standard InChI is InChI=1S/C11H14FN3/c1-11(2,3)8-5-4-7(12)10-14-9(13)6-15(8)10/h4-6H,13H2,1-3H3. The number of rotatable bonds is 0. The van der Waals surface area contributed by atoms with Crippen LogP contribution in [-0.2, 0) is 5.41 Å². The Morgan fingerprint density at radius 2 is 2.00 bits per heavy atom. The number of nitrogen functional groups attached to an aromatic ring is 1. The molecule has 80 valence electrons. The first-order valence-corrected chi connectivity index (χ1v) is 4.83. The Balaban J connectivity index is 2.83. The first kappa shape index (κ1) is 9.96. The minimum atomic E-state index is -0.347. The van der Waals surface area contributed by atoms with Crippen LogP contribution in [-0.4, -0.2) is 9.38 Å². The van der Waals surface area contributed by atoms with Gasteiger partial charge in [-0.3, -0.25) is 4.40 Å². The third-order valence-electron chi connectivity index (χ3n) is 2.35. The van der Waals surface area contributed by atoms with Crippen LogP contribution >= 0.6 is 0 Å². The number of anilines is 1. The van der Waals surface area contributed by atoms with Gasteiger partial charge in [-0.05, 0) is 12.1 Å². The van der Waals surface area contributed by atoms with Crippen molar-refractivity contribution in [2.45, 2.75) is 26.2 Å². The van der Waals surface area contributed by atoms with Crippen molar-refractivity contribution in [2.75, 3.05) is 5.73 Å². The highest BCUT2D eigenvalue weighted by molar-refractivity contribution is 5.49. The third-order valence-corrected chi connectivity index (χ3v) is 2.35. The Kier molecular flexibility index (Phi) is 1.96. The summed E-state index contributed by atoms with van der Waals surface area (Å²) in [5, 5.41) is 0. The van der Waals surface area contributed by atoms with Crippen molar-refractivity contribution in [1.29, 1.82) is 0 Å². The molecule has 0 spiro atoms. The maximum absolute atomic E-state index is 13.4. The summed E-state index contributed by atoms with van der Waals surface area (Å²) in [5.41, 5.74) is 6.78. The molecule has 0 radical (unpaired) electrons. The number of halogens is 1. The van der Waals surface area contributed by atoms with E-state index in [1.54, 1.807) is 16.7 Å². The fourth-order valence-electron chi connectivity index (χ4n) is 1.67. The Bertz CT molecular complexity index is 508. The van der Waals surface area contributed by atoms with Gasteiger partial charge in [0.15, 0.2) is 11.5 Å². The minimum absolute atomic E-state index is 0.0703. The summed E-state index contributed by atoms with van der Waals surface area (Å²) in [4.78, 5) is 3.95. The second-order valence-corrected chi connectivity index (χ2v) is 4.68. The number of aromatic nitrogens is 2. The topological polar surface area (TPSA) is 43.3 Å². The molecule has 2 aromatic heterocycles. The summed E-state index contributed by atoms with van der Waals surface area (Å²) in [7, 11) is 0. The Morgan fingerprint density at radius 1 is 1.33 bits per heavy atom. The molecule has 0 fully saturated rings. The largest absolute Gasteiger partial charge is 0.382 e. The molecule has 0 amide bonds. The molecule has 2 N–H and O–H groups in total. The van der Waals surface area contributed by atoms with Crippen molar-refractivity contribution in [3.63, 3.8) is 0 Å². The summed E-state index contributed by atoms with van der Waals surface area (Å²) in [6.07, 6.45) is 1.65. The maximum atomic E-state index is 13.4. The Morgan fingerprint density at radius 3 is 2.60 bits per heavy atom. The van der Waals surface area contributed by atoms with Crippen molar-refractivity contribution in [3.05, 3.63) is 29.8 Å². The predicted octanol–water partition coefficient (Wildman–Crippen LogP) is 2.35. The molecule has 0 aliphatic rings. The summed E-state index contributed by atoms with van der Waals surface area (Å²) in [6, 6.07) is 3.20. The minimum Gasteiger partial charge on any atom is -0.382 e. The van der Waals surface area contributed by atoms with E-state index in [1.165, 1.54) is 6.07 Å². The van der Waals surface area contributed by atoms with E-state index in [2.05, 4.69) is 25.8 Å². The fraction of sp³-hybridized carbons (Fsp3) is 0.364. The third kappa shape index (κ3) is 1.56. The van der Waals surface area contributed by atoms with Crippen molar-refractivity contribution in [2.24, 2.45) is 0 Å². The van der Waals surface area contributed by atoms with Gasteiger partial charge in [0.1, 0.15) is 5.82 Å². The highest BCUT2D eigenvalue weighted by Crippen LogP contribution is 2.25. The van der Waals surface area contributed by atoms with Crippen LogP contribution < -0.4 is 5.73 Å². The van der Waals surface area contributed by atoms with Crippen molar-refractivity contribution in [1.82, 2.24) is 9.38 Å². The van der Waals surface area contributed by atoms with Crippen LogP contribution in [0.1, 0.15) is 26.5 Å². The molecule has 2 heterocycles. The summed E-state index contributed by atoms with van der Waals surface area (Å²) >= 11 is 0. The highest BCUT2D eigenvalue weighted by Gasteiger charge is 2.19. The average molecular weight is 207 g/mol.